The third-order valence-electron chi connectivity index (χ3n) is 4.60. The fourth-order valence-electron chi connectivity index (χ4n) is 3.05. The molecular formula is C21H29N3O2. The maximum absolute atomic E-state index is 12.3. The van der Waals surface area contributed by atoms with Gasteiger partial charge < -0.3 is 10.6 Å². The molecule has 2 N–H and O–H groups in total. The molecule has 0 radical (unpaired) electrons. The normalized spacial score (nSPS) is 11.9. The smallest absolute Gasteiger partial charge is 0.243 e. The van der Waals surface area contributed by atoms with Gasteiger partial charge in [0.15, 0.2) is 0 Å². The standard InChI is InChI=1S/C21H29N3O2/c1-3-5-6-7-10-16(4-2)21(26)23-15-19(25)24-18-13-8-11-17-12-9-14-22-20(17)18/h8-9,11-14,16H,3-7,10,15H2,1-2H3,(H,23,26)(H,24,25). The number of hydrogen-bond acceptors (Lipinski definition) is 3. The van der Waals surface area contributed by atoms with Gasteiger partial charge in [-0.25, -0.2) is 0 Å². The van der Waals surface area contributed by atoms with E-state index < -0.39 is 0 Å². The van der Waals surface area contributed by atoms with E-state index >= 15 is 0 Å². The third-order valence-corrected chi connectivity index (χ3v) is 4.60. The van der Waals surface area contributed by atoms with Gasteiger partial charge in [-0.15, -0.1) is 0 Å². The first-order valence-electron chi connectivity index (χ1n) is 9.57. The first kappa shape index (κ1) is 19.9. The maximum Gasteiger partial charge on any atom is 0.243 e. The summed E-state index contributed by atoms with van der Waals surface area (Å²) in [6.07, 6.45) is 8.00. The highest BCUT2D eigenvalue weighted by molar-refractivity contribution is 6.01. The molecule has 140 valence electrons. The number of anilines is 1. The molecule has 26 heavy (non-hydrogen) atoms. The number of nitrogens with one attached hydrogen (secondary N) is 2. The van der Waals surface area contributed by atoms with Gasteiger partial charge in [-0.3, -0.25) is 14.6 Å². The highest BCUT2D eigenvalue weighted by atomic mass is 16.2. The highest BCUT2D eigenvalue weighted by Crippen LogP contribution is 2.20. The van der Waals surface area contributed by atoms with Crippen molar-refractivity contribution >= 4 is 28.4 Å². The molecule has 1 heterocycles. The first-order chi connectivity index (χ1) is 12.7. The lowest BCUT2D eigenvalue weighted by molar-refractivity contribution is -0.127. The van der Waals surface area contributed by atoms with Crippen LogP contribution in [0.5, 0.6) is 0 Å². The largest absolute Gasteiger partial charge is 0.347 e. The molecule has 1 atom stereocenters. The highest BCUT2D eigenvalue weighted by Gasteiger charge is 2.17. The number of nitrogens with zero attached hydrogens (tertiary/aromatic N) is 1. The molecule has 0 aliphatic heterocycles. The van der Waals surface area contributed by atoms with E-state index in [9.17, 15) is 9.59 Å². The topological polar surface area (TPSA) is 71.1 Å². The van der Waals surface area contributed by atoms with Gasteiger partial charge in [0.1, 0.15) is 0 Å². The average molecular weight is 355 g/mol. The van der Waals surface area contributed by atoms with Crippen molar-refractivity contribution in [1.82, 2.24) is 10.3 Å². The number of rotatable bonds is 10. The second-order valence-electron chi connectivity index (χ2n) is 6.60. The zero-order valence-corrected chi connectivity index (χ0v) is 15.8. The van der Waals surface area contributed by atoms with Gasteiger partial charge in [0, 0.05) is 17.5 Å². The minimum absolute atomic E-state index is 0.0149. The van der Waals surface area contributed by atoms with Gasteiger partial charge in [-0.2, -0.15) is 0 Å². The zero-order valence-electron chi connectivity index (χ0n) is 15.8. The van der Waals surface area contributed by atoms with E-state index in [4.69, 9.17) is 0 Å². The van der Waals surface area contributed by atoms with Crippen molar-refractivity contribution in [1.29, 1.82) is 0 Å². The summed E-state index contributed by atoms with van der Waals surface area (Å²) in [7, 11) is 0. The van der Waals surface area contributed by atoms with Crippen LogP contribution >= 0.6 is 0 Å². The van der Waals surface area contributed by atoms with Crippen LogP contribution in [0.1, 0.15) is 52.4 Å². The number of fused-ring (bicyclic) bond motifs is 1. The summed E-state index contributed by atoms with van der Waals surface area (Å²) in [6.45, 7) is 4.17. The van der Waals surface area contributed by atoms with Gasteiger partial charge in [0.2, 0.25) is 11.8 Å². The van der Waals surface area contributed by atoms with Gasteiger partial charge >= 0.3 is 0 Å². The molecule has 0 spiro atoms. The molecule has 2 rings (SSSR count). The molecule has 2 amide bonds. The van der Waals surface area contributed by atoms with Crippen molar-refractivity contribution < 1.29 is 9.59 Å². The SMILES string of the molecule is CCCCCCC(CC)C(=O)NCC(=O)Nc1cccc2cccnc12. The molecule has 0 fully saturated rings. The zero-order chi connectivity index (χ0) is 18.8. The van der Waals surface area contributed by atoms with Crippen LogP contribution in [0, 0.1) is 5.92 Å². The van der Waals surface area contributed by atoms with Crippen LogP contribution in [0.2, 0.25) is 0 Å². The molecule has 0 bridgehead atoms. The second kappa shape index (κ2) is 10.5. The van der Waals surface area contributed by atoms with Crippen LogP contribution in [0.3, 0.4) is 0 Å². The molecule has 5 nitrogen and oxygen atoms in total. The van der Waals surface area contributed by atoms with E-state index in [0.29, 0.717) is 5.69 Å². The van der Waals surface area contributed by atoms with Gasteiger partial charge in [-0.1, -0.05) is 57.7 Å². The van der Waals surface area contributed by atoms with E-state index in [2.05, 4.69) is 22.5 Å². The lowest BCUT2D eigenvalue weighted by Crippen LogP contribution is -2.36. The number of para-hydroxylation sites is 1. The van der Waals surface area contributed by atoms with E-state index in [-0.39, 0.29) is 24.3 Å². The molecule has 0 saturated carbocycles. The quantitative estimate of drug-likeness (QED) is 0.625. The van der Waals surface area contributed by atoms with Crippen molar-refractivity contribution in [2.24, 2.45) is 5.92 Å². The molecule has 0 aliphatic rings. The van der Waals surface area contributed by atoms with E-state index in [1.807, 2.05) is 37.3 Å². The number of aromatic nitrogens is 1. The monoisotopic (exact) mass is 355 g/mol. The summed E-state index contributed by atoms with van der Waals surface area (Å²) in [5.74, 6) is -0.286. The number of benzene rings is 1. The van der Waals surface area contributed by atoms with E-state index in [1.165, 1.54) is 12.8 Å². The van der Waals surface area contributed by atoms with Crippen molar-refractivity contribution in [3.8, 4) is 0 Å². The Bertz CT molecular complexity index is 725. The number of hydrogen-bond donors (Lipinski definition) is 2. The van der Waals surface area contributed by atoms with E-state index in [0.717, 1.165) is 36.6 Å². The molecule has 0 saturated heterocycles. The Hall–Kier alpha value is -2.43. The van der Waals surface area contributed by atoms with Crippen LogP contribution in [-0.4, -0.2) is 23.3 Å². The lowest BCUT2D eigenvalue weighted by Gasteiger charge is -2.15. The van der Waals surface area contributed by atoms with Crippen LogP contribution in [-0.2, 0) is 9.59 Å². The fraction of sp³-hybridized carbons (Fsp3) is 0.476. The van der Waals surface area contributed by atoms with Crippen molar-refractivity contribution in [3.05, 3.63) is 36.5 Å². The third kappa shape index (κ3) is 5.83. The van der Waals surface area contributed by atoms with Gasteiger partial charge in [0.25, 0.3) is 0 Å². The predicted molar refractivity (Wildman–Crippen MR) is 106 cm³/mol. The molecule has 1 aromatic carbocycles. The van der Waals surface area contributed by atoms with Crippen molar-refractivity contribution in [2.45, 2.75) is 52.4 Å². The van der Waals surface area contributed by atoms with Crippen molar-refractivity contribution in [2.75, 3.05) is 11.9 Å². The minimum atomic E-state index is -0.239. The molecular weight excluding hydrogens is 326 g/mol. The minimum Gasteiger partial charge on any atom is -0.347 e. The first-order valence-corrected chi connectivity index (χ1v) is 9.57. The summed E-state index contributed by atoms with van der Waals surface area (Å²) in [4.78, 5) is 28.8. The lowest BCUT2D eigenvalue weighted by atomic mass is 9.97. The number of amides is 2. The Morgan fingerprint density at radius 2 is 1.88 bits per heavy atom. The van der Waals surface area contributed by atoms with Crippen LogP contribution < -0.4 is 10.6 Å². The summed E-state index contributed by atoms with van der Waals surface area (Å²) in [6, 6.07) is 9.45. The van der Waals surface area contributed by atoms with Gasteiger partial charge in [-0.05, 0) is 25.0 Å². The maximum atomic E-state index is 12.3. The number of carbonyl (C=O) groups excluding carboxylic acids is 2. The van der Waals surface area contributed by atoms with Crippen LogP contribution in [0.4, 0.5) is 5.69 Å². The summed E-state index contributed by atoms with van der Waals surface area (Å²) < 4.78 is 0. The summed E-state index contributed by atoms with van der Waals surface area (Å²) in [5.41, 5.74) is 1.41. The molecule has 1 unspecified atom stereocenters. The fourth-order valence-corrected chi connectivity index (χ4v) is 3.05. The summed E-state index contributed by atoms with van der Waals surface area (Å²) >= 11 is 0. The Balaban J connectivity index is 1.84. The van der Waals surface area contributed by atoms with Crippen LogP contribution in [0.15, 0.2) is 36.5 Å². The predicted octanol–water partition coefficient (Wildman–Crippen LogP) is 4.29. The molecule has 5 heteroatoms. The molecule has 0 aliphatic carbocycles. The van der Waals surface area contributed by atoms with Crippen LogP contribution in [0.25, 0.3) is 10.9 Å². The molecule has 1 aromatic heterocycles. The second-order valence-corrected chi connectivity index (χ2v) is 6.60. The Morgan fingerprint density at radius 1 is 1.08 bits per heavy atom. The summed E-state index contributed by atoms with van der Waals surface area (Å²) in [5, 5.41) is 6.58. The molecule has 2 aromatic rings. The van der Waals surface area contributed by atoms with E-state index in [1.54, 1.807) is 6.20 Å². The van der Waals surface area contributed by atoms with Gasteiger partial charge in [0.05, 0.1) is 17.7 Å². The average Bonchev–Trinajstić information content (AvgIpc) is 2.66. The Labute approximate surface area is 155 Å². The number of carbonyl (C=O) groups is 2. The number of pyridine rings is 1. The number of unbranched alkanes of at least 4 members (excludes halogenated alkanes) is 3. The van der Waals surface area contributed by atoms with Crippen molar-refractivity contribution in [3.63, 3.8) is 0 Å². The Kier molecular flexibility index (Phi) is 8.06. The Morgan fingerprint density at radius 3 is 2.65 bits per heavy atom.